The Kier molecular flexibility index (Phi) is 4.86. The number of aliphatic hydroxyl groups is 1. The number of aliphatic hydroxyl groups excluding tert-OH is 1. The summed E-state index contributed by atoms with van der Waals surface area (Å²) < 4.78 is 10.7. The Hall–Kier alpha value is -1.88. The van der Waals surface area contributed by atoms with E-state index in [0.29, 0.717) is 30.4 Å². The van der Waals surface area contributed by atoms with Crippen LogP contribution in [0.4, 0.5) is 0 Å². The summed E-state index contributed by atoms with van der Waals surface area (Å²) in [5.41, 5.74) is 1.89. The Bertz CT molecular complexity index is 545. The molecule has 0 radical (unpaired) electrons. The highest BCUT2D eigenvalue weighted by Crippen LogP contribution is 2.37. The molecule has 0 aromatic heterocycles. The van der Waals surface area contributed by atoms with Crippen LogP contribution in [0.5, 0.6) is 0 Å². The lowest BCUT2D eigenvalue weighted by molar-refractivity contribution is -0.147. The van der Waals surface area contributed by atoms with E-state index >= 15 is 0 Å². The normalized spacial score (nSPS) is 35.2. The van der Waals surface area contributed by atoms with Gasteiger partial charge in [-0.25, -0.2) is 4.79 Å². The molecule has 0 aromatic carbocycles. The van der Waals surface area contributed by atoms with E-state index in [1.165, 1.54) is 6.92 Å². The van der Waals surface area contributed by atoms with Crippen LogP contribution in [-0.4, -0.2) is 35.4 Å². The van der Waals surface area contributed by atoms with E-state index in [0.717, 1.165) is 5.57 Å². The van der Waals surface area contributed by atoms with Crippen molar-refractivity contribution in [2.24, 2.45) is 5.92 Å². The van der Waals surface area contributed by atoms with Gasteiger partial charge in [0.05, 0.1) is 12.0 Å². The molecule has 1 fully saturated rings. The maximum absolute atomic E-state index is 11.9. The highest BCUT2D eigenvalue weighted by molar-refractivity contribution is 5.91. The van der Waals surface area contributed by atoms with E-state index < -0.39 is 36.2 Å². The summed E-state index contributed by atoms with van der Waals surface area (Å²) in [5.74, 6) is -1.36. The molecular formula is C17H22O5. The van der Waals surface area contributed by atoms with Gasteiger partial charge in [0.1, 0.15) is 12.2 Å². The van der Waals surface area contributed by atoms with Gasteiger partial charge in [-0.15, -0.1) is 0 Å². The van der Waals surface area contributed by atoms with E-state index in [9.17, 15) is 14.7 Å². The lowest BCUT2D eigenvalue weighted by Crippen LogP contribution is -2.33. The molecule has 1 aliphatic heterocycles. The monoisotopic (exact) mass is 306 g/mol. The number of fused-ring (bicyclic) bond motifs is 1. The van der Waals surface area contributed by atoms with Gasteiger partial charge in [0.25, 0.3) is 0 Å². The molecule has 2 rings (SSSR count). The molecule has 5 nitrogen and oxygen atoms in total. The third-order valence-corrected chi connectivity index (χ3v) is 4.18. The minimum Gasteiger partial charge on any atom is -0.458 e. The highest BCUT2D eigenvalue weighted by atomic mass is 16.6. The predicted octanol–water partition coefficient (Wildman–Crippen LogP) is 2.06. The summed E-state index contributed by atoms with van der Waals surface area (Å²) in [7, 11) is 0. The number of carbonyl (C=O) groups is 2. The van der Waals surface area contributed by atoms with E-state index in [-0.39, 0.29) is 0 Å². The van der Waals surface area contributed by atoms with Crippen LogP contribution >= 0.6 is 0 Å². The average molecular weight is 306 g/mol. The van der Waals surface area contributed by atoms with Crippen LogP contribution in [0.2, 0.25) is 0 Å². The summed E-state index contributed by atoms with van der Waals surface area (Å²) in [5, 5.41) is 10.1. The summed E-state index contributed by atoms with van der Waals surface area (Å²) in [6.07, 6.45) is 1.62. The number of rotatable bonds is 1. The molecule has 0 aromatic rings. The molecule has 22 heavy (non-hydrogen) atoms. The molecule has 0 bridgehead atoms. The second-order valence-electron chi connectivity index (χ2n) is 6.00. The van der Waals surface area contributed by atoms with E-state index in [4.69, 9.17) is 9.47 Å². The first-order valence-electron chi connectivity index (χ1n) is 7.39. The molecule has 1 N–H and O–H groups in total. The largest absolute Gasteiger partial charge is 0.458 e. The predicted molar refractivity (Wildman–Crippen MR) is 80.8 cm³/mol. The van der Waals surface area contributed by atoms with E-state index in [1.807, 2.05) is 13.0 Å². The van der Waals surface area contributed by atoms with Crippen molar-refractivity contribution >= 4 is 11.9 Å². The smallest absolute Gasteiger partial charge is 0.334 e. The van der Waals surface area contributed by atoms with Gasteiger partial charge >= 0.3 is 11.9 Å². The van der Waals surface area contributed by atoms with Crippen molar-refractivity contribution in [2.45, 2.75) is 51.4 Å². The van der Waals surface area contributed by atoms with Crippen molar-refractivity contribution in [2.75, 3.05) is 0 Å². The number of hydrogen-bond donors (Lipinski definition) is 1. The third kappa shape index (κ3) is 3.47. The first-order valence-corrected chi connectivity index (χ1v) is 7.39. The SMILES string of the molecule is C=C1C(=O)O[C@H]2CC(=C)[C@H](O)CC/C(C)=C/[C@@H](OC(C)=O)[C@H]12. The maximum atomic E-state index is 11.9. The topological polar surface area (TPSA) is 72.8 Å². The van der Waals surface area contributed by atoms with Gasteiger partial charge < -0.3 is 14.6 Å². The highest BCUT2D eigenvalue weighted by Gasteiger charge is 2.44. The van der Waals surface area contributed by atoms with Crippen LogP contribution in [0.1, 0.15) is 33.1 Å². The van der Waals surface area contributed by atoms with Crippen LogP contribution < -0.4 is 0 Å². The quantitative estimate of drug-likeness (QED) is 0.456. The zero-order valence-corrected chi connectivity index (χ0v) is 13.0. The molecule has 0 unspecified atom stereocenters. The Labute approximate surface area is 130 Å². The first-order chi connectivity index (χ1) is 10.3. The summed E-state index contributed by atoms with van der Waals surface area (Å²) in [6.45, 7) is 10.9. The standard InChI is InChI=1S/C17H22O5/c1-9-5-6-13(19)10(2)8-15-16(11(3)17(20)22-15)14(7-9)21-12(4)18/h7,13-16,19H,2-3,5-6,8H2,1,4H3/b9-7+/t13-,14-,15+,16+/m1/s1. The molecule has 0 amide bonds. The summed E-state index contributed by atoms with van der Waals surface area (Å²) in [4.78, 5) is 23.3. The second kappa shape index (κ2) is 6.48. The molecule has 1 heterocycles. The zero-order valence-electron chi connectivity index (χ0n) is 13.0. The Morgan fingerprint density at radius 3 is 2.77 bits per heavy atom. The number of carbonyl (C=O) groups excluding carboxylic acids is 2. The number of allylic oxidation sites excluding steroid dienone is 1. The molecule has 120 valence electrons. The van der Waals surface area contributed by atoms with Crippen LogP contribution in [-0.2, 0) is 19.1 Å². The van der Waals surface area contributed by atoms with Crippen LogP contribution in [0.3, 0.4) is 0 Å². The average Bonchev–Trinajstić information content (AvgIpc) is 2.69. The van der Waals surface area contributed by atoms with Gasteiger partial charge in [-0.1, -0.05) is 18.7 Å². The van der Waals surface area contributed by atoms with Crippen molar-refractivity contribution < 1.29 is 24.2 Å². The number of esters is 2. The minimum atomic E-state index is -0.637. The van der Waals surface area contributed by atoms with Gasteiger partial charge in [-0.05, 0) is 31.4 Å². The molecule has 2 aliphatic rings. The van der Waals surface area contributed by atoms with Gasteiger partial charge in [-0.3, -0.25) is 4.79 Å². The van der Waals surface area contributed by atoms with Crippen LogP contribution in [0, 0.1) is 5.92 Å². The molecule has 4 atom stereocenters. The van der Waals surface area contributed by atoms with Crippen molar-refractivity contribution in [3.63, 3.8) is 0 Å². The third-order valence-electron chi connectivity index (χ3n) is 4.18. The number of hydrogen-bond acceptors (Lipinski definition) is 5. The first kappa shape index (κ1) is 16.5. The molecule has 0 saturated carbocycles. The zero-order chi connectivity index (χ0) is 16.4. The van der Waals surface area contributed by atoms with Crippen LogP contribution in [0.25, 0.3) is 0 Å². The fourth-order valence-electron chi connectivity index (χ4n) is 2.95. The fourth-order valence-corrected chi connectivity index (χ4v) is 2.95. The van der Waals surface area contributed by atoms with Crippen LogP contribution in [0.15, 0.2) is 36.0 Å². The van der Waals surface area contributed by atoms with E-state index in [1.54, 1.807) is 0 Å². The molecule has 1 aliphatic carbocycles. The van der Waals surface area contributed by atoms with Gasteiger partial charge in [-0.2, -0.15) is 0 Å². The van der Waals surface area contributed by atoms with Gasteiger partial charge in [0.15, 0.2) is 0 Å². The van der Waals surface area contributed by atoms with Crippen molar-refractivity contribution in [3.8, 4) is 0 Å². The summed E-state index contributed by atoms with van der Waals surface area (Å²) in [6, 6.07) is 0. The maximum Gasteiger partial charge on any atom is 0.334 e. The second-order valence-corrected chi connectivity index (χ2v) is 6.00. The molecular weight excluding hydrogens is 284 g/mol. The lowest BCUT2D eigenvalue weighted by atomic mass is 9.84. The lowest BCUT2D eigenvalue weighted by Gasteiger charge is -2.28. The Balaban J connectivity index is 2.40. The van der Waals surface area contributed by atoms with Gasteiger partial charge in [0, 0.05) is 18.9 Å². The van der Waals surface area contributed by atoms with Crippen molar-refractivity contribution in [1.29, 1.82) is 0 Å². The fraction of sp³-hybridized carbons (Fsp3) is 0.529. The van der Waals surface area contributed by atoms with E-state index in [2.05, 4.69) is 13.2 Å². The number of ether oxygens (including phenoxy) is 2. The van der Waals surface area contributed by atoms with Crippen molar-refractivity contribution in [3.05, 3.63) is 36.0 Å². The minimum absolute atomic E-state index is 0.295. The molecule has 0 spiro atoms. The Morgan fingerprint density at radius 2 is 2.14 bits per heavy atom. The molecule has 5 heteroatoms. The Morgan fingerprint density at radius 1 is 1.45 bits per heavy atom. The van der Waals surface area contributed by atoms with Crippen molar-refractivity contribution in [1.82, 2.24) is 0 Å². The summed E-state index contributed by atoms with van der Waals surface area (Å²) >= 11 is 0. The molecule has 1 saturated heterocycles. The van der Waals surface area contributed by atoms with Gasteiger partial charge in [0.2, 0.25) is 0 Å².